The standard InChI is InChI=1S/C80H94O15/c1-57-71(85-50-60-32-15-5-16-33-60)74(87-52-62-36-19-7-20-37-62)76(88-53-63-38-21-8-22-39-63)79(91-57)95-72-66(46-47-70(81)83-2)44-27-45-67(72)93-80-77(89-54-64-40-23-9-24-41-64)75(92-68(48-58-28-11-3-12-29-58)78(82)90-55-65-42-25-10-26-43-65)73(86-51-61-34-17-6-18-35-61)69(94-80)56-84-49-59-30-13-4-14-31-59/h4-10,13-26,30-43,57-58,66-69,71-77,79-80H,3,11-12,27-29,44-56H2,1-2H3/t57-,66-,67-,68+,69-,71+,72+,73+,74+,75+,76-,77-,79+,80+/m1/s1. The van der Waals surface area contributed by atoms with Crippen molar-refractivity contribution in [2.24, 2.45) is 11.8 Å². The average molecular weight is 1300 g/mol. The van der Waals surface area contributed by atoms with E-state index in [0.717, 1.165) is 77.5 Å². The molecule has 2 heterocycles. The molecular formula is C80H94O15. The van der Waals surface area contributed by atoms with Crippen molar-refractivity contribution < 1.29 is 71.2 Å². The van der Waals surface area contributed by atoms with Crippen molar-refractivity contribution in [2.45, 2.75) is 204 Å². The van der Waals surface area contributed by atoms with Crippen LogP contribution < -0.4 is 0 Å². The van der Waals surface area contributed by atoms with Crippen LogP contribution in [0.2, 0.25) is 0 Å². The zero-order chi connectivity index (χ0) is 65.2. The number of esters is 2. The molecule has 504 valence electrons. The number of ether oxygens (including phenoxy) is 13. The molecular weight excluding hydrogens is 1200 g/mol. The second-order valence-electron chi connectivity index (χ2n) is 25.6. The number of methoxy groups -OCH3 is 1. The normalized spacial score (nSPS) is 25.9. The molecule has 0 radical (unpaired) electrons. The van der Waals surface area contributed by atoms with E-state index in [4.69, 9.17) is 61.6 Å². The Bertz CT molecular complexity index is 3270. The van der Waals surface area contributed by atoms with E-state index in [1.54, 1.807) is 0 Å². The number of rotatable bonds is 33. The molecule has 0 aromatic heterocycles. The molecule has 0 unspecified atom stereocenters. The lowest BCUT2D eigenvalue weighted by Crippen LogP contribution is -2.64. The first-order chi connectivity index (χ1) is 46.8. The fraction of sp³-hybridized carbons (Fsp3) is 0.450. The van der Waals surface area contributed by atoms with Crippen LogP contribution in [0.5, 0.6) is 0 Å². The second kappa shape index (κ2) is 37.0. The first-order valence-corrected chi connectivity index (χ1v) is 34.2. The van der Waals surface area contributed by atoms with Crippen molar-refractivity contribution in [3.05, 3.63) is 251 Å². The Balaban J connectivity index is 0.980. The highest BCUT2D eigenvalue weighted by molar-refractivity contribution is 5.74. The molecule has 15 nitrogen and oxygen atoms in total. The summed E-state index contributed by atoms with van der Waals surface area (Å²) in [5.74, 6) is -0.838. The van der Waals surface area contributed by atoms with E-state index in [1.165, 1.54) is 7.11 Å². The van der Waals surface area contributed by atoms with Crippen LogP contribution in [-0.4, -0.2) is 105 Å². The zero-order valence-corrected chi connectivity index (χ0v) is 54.9. The molecule has 7 aromatic rings. The molecule has 11 rings (SSSR count). The minimum Gasteiger partial charge on any atom is -0.469 e. The Morgan fingerprint density at radius 1 is 0.432 bits per heavy atom. The van der Waals surface area contributed by atoms with Crippen LogP contribution in [0.1, 0.15) is 116 Å². The Labute approximate surface area is 560 Å². The Kier molecular flexibility index (Phi) is 27.0. The highest BCUT2D eigenvalue weighted by atomic mass is 16.8. The van der Waals surface area contributed by atoms with Gasteiger partial charge in [-0.15, -0.1) is 0 Å². The molecule has 15 heteroatoms. The van der Waals surface area contributed by atoms with E-state index in [1.807, 2.05) is 219 Å². The van der Waals surface area contributed by atoms with E-state index in [0.29, 0.717) is 32.3 Å². The van der Waals surface area contributed by atoms with Gasteiger partial charge in [-0.1, -0.05) is 251 Å². The predicted molar refractivity (Wildman–Crippen MR) is 359 cm³/mol. The van der Waals surface area contributed by atoms with Crippen LogP contribution in [0.15, 0.2) is 212 Å². The third kappa shape index (κ3) is 20.8. The van der Waals surface area contributed by atoms with Gasteiger partial charge in [0.2, 0.25) is 0 Å². The van der Waals surface area contributed by atoms with E-state index in [2.05, 4.69) is 0 Å². The van der Waals surface area contributed by atoms with Gasteiger partial charge >= 0.3 is 11.9 Å². The lowest BCUT2D eigenvalue weighted by atomic mass is 9.81. The summed E-state index contributed by atoms with van der Waals surface area (Å²) in [6.07, 6.45) is -2.93. The van der Waals surface area contributed by atoms with Gasteiger partial charge in [0.05, 0.1) is 71.7 Å². The molecule has 2 saturated heterocycles. The summed E-state index contributed by atoms with van der Waals surface area (Å²) in [6.45, 7) is 3.53. The monoisotopic (exact) mass is 1290 g/mol. The first kappa shape index (κ1) is 69.4. The van der Waals surface area contributed by atoms with Gasteiger partial charge in [-0.25, -0.2) is 4.79 Å². The molecule has 4 fully saturated rings. The van der Waals surface area contributed by atoms with Gasteiger partial charge < -0.3 is 61.6 Å². The summed E-state index contributed by atoms with van der Waals surface area (Å²) in [7, 11) is 1.41. The molecule has 2 aliphatic heterocycles. The second-order valence-corrected chi connectivity index (χ2v) is 25.6. The smallest absolute Gasteiger partial charge is 0.335 e. The highest BCUT2D eigenvalue weighted by Crippen LogP contribution is 2.41. The van der Waals surface area contributed by atoms with Gasteiger partial charge in [-0.05, 0) is 83.4 Å². The molecule has 2 saturated carbocycles. The van der Waals surface area contributed by atoms with Crippen LogP contribution in [0.25, 0.3) is 0 Å². The van der Waals surface area contributed by atoms with Gasteiger partial charge in [0.25, 0.3) is 0 Å². The highest BCUT2D eigenvalue weighted by Gasteiger charge is 2.54. The number of hydrogen-bond donors (Lipinski definition) is 0. The van der Waals surface area contributed by atoms with Crippen LogP contribution in [0, 0.1) is 11.8 Å². The third-order valence-corrected chi connectivity index (χ3v) is 18.7. The zero-order valence-electron chi connectivity index (χ0n) is 54.9. The van der Waals surface area contributed by atoms with E-state index in [-0.39, 0.29) is 70.5 Å². The fourth-order valence-electron chi connectivity index (χ4n) is 13.6. The summed E-state index contributed by atoms with van der Waals surface area (Å²) in [5, 5.41) is 0. The summed E-state index contributed by atoms with van der Waals surface area (Å²) >= 11 is 0. The quantitative estimate of drug-likeness (QED) is 0.0358. The van der Waals surface area contributed by atoms with E-state index < -0.39 is 85.7 Å². The Morgan fingerprint density at radius 3 is 1.36 bits per heavy atom. The average Bonchev–Trinajstić information content (AvgIpc) is 0.801. The SMILES string of the molecule is COC(=O)CC[C@H]1CCC[C@@H](O[C@H]2O[C@H](COCc3ccccc3)[C@H](OCc3ccccc3)[C@H](O[C@@H](CC3CCCCC3)C(=O)OCc3ccccc3)[C@H]2OCc2ccccc2)[C@H]1O[C@@H]1O[C@H](C)[C@H](OCc2ccccc2)[C@H](OCc2ccccc2)[C@H]1OCc1ccccc1. The van der Waals surface area contributed by atoms with Gasteiger partial charge in [-0.3, -0.25) is 4.79 Å². The van der Waals surface area contributed by atoms with E-state index >= 15 is 4.79 Å². The van der Waals surface area contributed by atoms with E-state index in [9.17, 15) is 4.79 Å². The van der Waals surface area contributed by atoms with Gasteiger partial charge in [-0.2, -0.15) is 0 Å². The van der Waals surface area contributed by atoms with Gasteiger partial charge in [0.15, 0.2) is 18.7 Å². The molecule has 0 N–H and O–H groups in total. The summed E-state index contributed by atoms with van der Waals surface area (Å²) in [5.41, 5.74) is 6.62. The molecule has 2 aliphatic carbocycles. The molecule has 0 spiro atoms. The topological polar surface area (TPSA) is 154 Å². The maximum atomic E-state index is 15.1. The Morgan fingerprint density at radius 2 is 0.863 bits per heavy atom. The summed E-state index contributed by atoms with van der Waals surface area (Å²) in [6, 6.07) is 69.8. The number of benzene rings is 7. The lowest BCUT2D eigenvalue weighted by molar-refractivity contribution is -0.364. The minimum absolute atomic E-state index is 0.0592. The van der Waals surface area contributed by atoms with Crippen molar-refractivity contribution in [2.75, 3.05) is 13.7 Å². The van der Waals surface area contributed by atoms with Crippen LogP contribution in [0.4, 0.5) is 0 Å². The van der Waals surface area contributed by atoms with Crippen LogP contribution in [0.3, 0.4) is 0 Å². The molecule has 14 atom stereocenters. The lowest BCUT2D eigenvalue weighted by Gasteiger charge is -2.50. The van der Waals surface area contributed by atoms with Crippen LogP contribution >= 0.6 is 0 Å². The molecule has 95 heavy (non-hydrogen) atoms. The fourth-order valence-corrected chi connectivity index (χ4v) is 13.6. The number of carbonyl (C=O) groups excluding carboxylic acids is 2. The summed E-state index contributed by atoms with van der Waals surface area (Å²) in [4.78, 5) is 28.3. The van der Waals surface area contributed by atoms with Gasteiger partial charge in [0, 0.05) is 6.42 Å². The molecule has 0 bridgehead atoms. The summed E-state index contributed by atoms with van der Waals surface area (Å²) < 4.78 is 91.1. The predicted octanol–water partition coefficient (Wildman–Crippen LogP) is 14.6. The maximum absolute atomic E-state index is 15.1. The third-order valence-electron chi connectivity index (χ3n) is 18.7. The largest absolute Gasteiger partial charge is 0.469 e. The number of carbonyl (C=O) groups is 2. The molecule has 7 aromatic carbocycles. The first-order valence-electron chi connectivity index (χ1n) is 34.2. The van der Waals surface area contributed by atoms with Crippen molar-refractivity contribution >= 4 is 11.9 Å². The minimum atomic E-state index is -1.18. The van der Waals surface area contributed by atoms with Crippen molar-refractivity contribution in [3.8, 4) is 0 Å². The van der Waals surface area contributed by atoms with Crippen molar-refractivity contribution in [1.29, 1.82) is 0 Å². The Hall–Kier alpha value is -6.96. The van der Waals surface area contributed by atoms with Crippen molar-refractivity contribution in [1.82, 2.24) is 0 Å². The van der Waals surface area contributed by atoms with Gasteiger partial charge in [0.1, 0.15) is 49.3 Å². The number of hydrogen-bond acceptors (Lipinski definition) is 15. The van der Waals surface area contributed by atoms with Crippen LogP contribution in [-0.2, 0) is 117 Å². The van der Waals surface area contributed by atoms with Crippen molar-refractivity contribution in [3.63, 3.8) is 0 Å². The molecule has 0 amide bonds. The molecule has 4 aliphatic rings. The maximum Gasteiger partial charge on any atom is 0.335 e.